The van der Waals surface area contributed by atoms with Crippen molar-refractivity contribution in [1.82, 2.24) is 20.2 Å². The van der Waals surface area contributed by atoms with E-state index < -0.39 is 12.0 Å². The first-order valence-electron chi connectivity index (χ1n) is 4.32. The van der Waals surface area contributed by atoms with E-state index >= 15 is 0 Å². The van der Waals surface area contributed by atoms with Crippen molar-refractivity contribution < 1.29 is 9.90 Å². The molecule has 3 N–H and O–H groups in total. The van der Waals surface area contributed by atoms with E-state index in [-0.39, 0.29) is 0 Å². The van der Waals surface area contributed by atoms with Crippen LogP contribution in [0.15, 0.2) is 12.5 Å². The fourth-order valence-electron chi connectivity index (χ4n) is 1.15. The molecule has 2 aromatic rings. The minimum Gasteiger partial charge on any atom is -0.480 e. The number of nitrogens with zero attached hydrogens (tertiary/aromatic N) is 3. The summed E-state index contributed by atoms with van der Waals surface area (Å²) in [5.41, 5.74) is 0.574. The molecule has 0 spiro atoms. The SMILES string of the molecule is C[C@H](Nc1ncnc2[nH]ncc12)C(=O)O. The number of aromatic nitrogens is 4. The Bertz CT molecular complexity index is 494. The summed E-state index contributed by atoms with van der Waals surface area (Å²) in [6, 6.07) is -0.710. The van der Waals surface area contributed by atoms with E-state index in [1.54, 1.807) is 6.20 Å². The van der Waals surface area contributed by atoms with Crippen LogP contribution in [0.4, 0.5) is 5.82 Å². The largest absolute Gasteiger partial charge is 0.480 e. The molecule has 2 aromatic heterocycles. The maximum atomic E-state index is 10.6. The monoisotopic (exact) mass is 207 g/mol. The van der Waals surface area contributed by atoms with Crippen LogP contribution >= 0.6 is 0 Å². The third-order valence-electron chi connectivity index (χ3n) is 1.97. The quantitative estimate of drug-likeness (QED) is 0.665. The lowest BCUT2D eigenvalue weighted by molar-refractivity contribution is -0.137. The second kappa shape index (κ2) is 3.52. The number of hydrogen-bond acceptors (Lipinski definition) is 5. The average molecular weight is 207 g/mol. The second-order valence-electron chi connectivity index (χ2n) is 3.06. The molecule has 0 radical (unpaired) electrons. The molecule has 7 heteroatoms. The first-order chi connectivity index (χ1) is 7.18. The highest BCUT2D eigenvalue weighted by Gasteiger charge is 2.13. The lowest BCUT2D eigenvalue weighted by Gasteiger charge is -2.09. The molecule has 0 fully saturated rings. The molecule has 2 rings (SSSR count). The van der Waals surface area contributed by atoms with Gasteiger partial charge in [-0.1, -0.05) is 0 Å². The van der Waals surface area contributed by atoms with Gasteiger partial charge in [0, 0.05) is 0 Å². The second-order valence-corrected chi connectivity index (χ2v) is 3.06. The van der Waals surface area contributed by atoms with Crippen LogP contribution in [-0.2, 0) is 4.79 Å². The van der Waals surface area contributed by atoms with E-state index in [1.807, 2.05) is 0 Å². The van der Waals surface area contributed by atoms with Crippen molar-refractivity contribution >= 4 is 22.8 Å². The molecule has 0 amide bonds. The number of H-pyrrole nitrogens is 1. The molecule has 1 atom stereocenters. The molecule has 0 saturated carbocycles. The van der Waals surface area contributed by atoms with E-state index in [9.17, 15) is 4.79 Å². The van der Waals surface area contributed by atoms with Crippen LogP contribution in [-0.4, -0.2) is 37.3 Å². The Hall–Kier alpha value is -2.18. The lowest BCUT2D eigenvalue weighted by atomic mass is 10.3. The predicted molar refractivity (Wildman–Crippen MR) is 52.4 cm³/mol. The highest BCUT2D eigenvalue weighted by atomic mass is 16.4. The molecule has 0 bridgehead atoms. The van der Waals surface area contributed by atoms with Crippen molar-refractivity contribution in [2.75, 3.05) is 5.32 Å². The number of carbonyl (C=O) groups is 1. The minimum atomic E-state index is -0.940. The summed E-state index contributed by atoms with van der Waals surface area (Å²) < 4.78 is 0. The predicted octanol–water partition coefficient (Wildman–Crippen LogP) is 0.238. The van der Waals surface area contributed by atoms with Gasteiger partial charge < -0.3 is 10.4 Å². The molecule has 2 heterocycles. The van der Waals surface area contributed by atoms with Gasteiger partial charge in [0.15, 0.2) is 5.65 Å². The number of aliphatic carboxylic acids is 1. The van der Waals surface area contributed by atoms with Crippen LogP contribution in [0, 0.1) is 0 Å². The summed E-state index contributed by atoms with van der Waals surface area (Å²) in [6.45, 7) is 1.54. The van der Waals surface area contributed by atoms with Crippen molar-refractivity contribution in [3.05, 3.63) is 12.5 Å². The van der Waals surface area contributed by atoms with E-state index in [0.29, 0.717) is 16.9 Å². The summed E-state index contributed by atoms with van der Waals surface area (Å²) >= 11 is 0. The third-order valence-corrected chi connectivity index (χ3v) is 1.97. The topological polar surface area (TPSA) is 104 Å². The molecular weight excluding hydrogens is 198 g/mol. The number of fused-ring (bicyclic) bond motifs is 1. The molecule has 0 aliphatic rings. The Kier molecular flexibility index (Phi) is 2.20. The van der Waals surface area contributed by atoms with Crippen LogP contribution < -0.4 is 5.32 Å². The summed E-state index contributed by atoms with van der Waals surface area (Å²) in [6.07, 6.45) is 2.89. The number of aromatic amines is 1. The number of hydrogen-bond donors (Lipinski definition) is 3. The molecule has 0 aliphatic heterocycles. The average Bonchev–Trinajstić information content (AvgIpc) is 2.66. The van der Waals surface area contributed by atoms with Gasteiger partial charge in [-0.25, -0.2) is 9.97 Å². The van der Waals surface area contributed by atoms with Gasteiger partial charge in [0.1, 0.15) is 18.2 Å². The first kappa shape index (κ1) is 9.38. The number of anilines is 1. The Morgan fingerprint density at radius 2 is 2.40 bits per heavy atom. The van der Waals surface area contributed by atoms with Gasteiger partial charge in [-0.2, -0.15) is 5.10 Å². The van der Waals surface area contributed by atoms with Crippen molar-refractivity contribution in [1.29, 1.82) is 0 Å². The zero-order valence-corrected chi connectivity index (χ0v) is 7.93. The summed E-state index contributed by atoms with van der Waals surface area (Å²) in [5, 5.41) is 18.6. The van der Waals surface area contributed by atoms with Crippen LogP contribution in [0.2, 0.25) is 0 Å². The molecule has 0 aromatic carbocycles. The lowest BCUT2D eigenvalue weighted by Crippen LogP contribution is -2.25. The molecule has 7 nitrogen and oxygen atoms in total. The van der Waals surface area contributed by atoms with E-state index in [1.165, 1.54) is 13.3 Å². The maximum absolute atomic E-state index is 10.6. The Labute approximate surface area is 84.6 Å². The molecule has 0 unspecified atom stereocenters. The van der Waals surface area contributed by atoms with Crippen molar-refractivity contribution in [3.63, 3.8) is 0 Å². The van der Waals surface area contributed by atoms with Crippen molar-refractivity contribution in [2.24, 2.45) is 0 Å². The van der Waals surface area contributed by atoms with Crippen LogP contribution in [0.5, 0.6) is 0 Å². The van der Waals surface area contributed by atoms with Crippen molar-refractivity contribution in [3.8, 4) is 0 Å². The normalized spacial score (nSPS) is 12.6. The zero-order chi connectivity index (χ0) is 10.8. The zero-order valence-electron chi connectivity index (χ0n) is 7.93. The van der Waals surface area contributed by atoms with Gasteiger partial charge in [-0.05, 0) is 6.92 Å². The van der Waals surface area contributed by atoms with Crippen LogP contribution in [0.3, 0.4) is 0 Å². The molecule has 15 heavy (non-hydrogen) atoms. The van der Waals surface area contributed by atoms with Gasteiger partial charge in [-0.3, -0.25) is 9.89 Å². The van der Waals surface area contributed by atoms with Crippen LogP contribution in [0.25, 0.3) is 11.0 Å². The van der Waals surface area contributed by atoms with Gasteiger partial charge in [-0.15, -0.1) is 0 Å². The Balaban J connectivity index is 2.35. The smallest absolute Gasteiger partial charge is 0.325 e. The highest BCUT2D eigenvalue weighted by Crippen LogP contribution is 2.16. The van der Waals surface area contributed by atoms with E-state index in [0.717, 1.165) is 0 Å². The van der Waals surface area contributed by atoms with E-state index in [4.69, 9.17) is 5.11 Å². The van der Waals surface area contributed by atoms with Gasteiger partial charge in [0.25, 0.3) is 0 Å². The van der Waals surface area contributed by atoms with Crippen molar-refractivity contribution in [2.45, 2.75) is 13.0 Å². The fraction of sp³-hybridized carbons (Fsp3) is 0.250. The summed E-state index contributed by atoms with van der Waals surface area (Å²) in [7, 11) is 0. The number of carboxylic acid groups (broad SMARTS) is 1. The number of carboxylic acids is 1. The third kappa shape index (κ3) is 1.71. The molecular formula is C8H9N5O2. The van der Waals surface area contributed by atoms with Gasteiger partial charge in [0.2, 0.25) is 0 Å². The number of rotatable bonds is 3. The Morgan fingerprint density at radius 1 is 1.60 bits per heavy atom. The molecule has 0 saturated heterocycles. The standard InChI is InChI=1S/C8H9N5O2/c1-4(8(14)15)12-6-5-2-11-13-7(5)10-3-9-6/h2-4H,1H3,(H,14,15)(H2,9,10,11,12,13)/t4-/m0/s1. The molecule has 0 aliphatic carbocycles. The fourth-order valence-corrected chi connectivity index (χ4v) is 1.15. The van der Waals surface area contributed by atoms with Gasteiger partial charge >= 0.3 is 5.97 Å². The first-order valence-corrected chi connectivity index (χ1v) is 4.32. The Morgan fingerprint density at radius 3 is 3.13 bits per heavy atom. The highest BCUT2D eigenvalue weighted by molar-refractivity contribution is 5.87. The van der Waals surface area contributed by atoms with Crippen LogP contribution in [0.1, 0.15) is 6.92 Å². The minimum absolute atomic E-state index is 0.462. The number of nitrogens with one attached hydrogen (secondary N) is 2. The molecule has 78 valence electrons. The maximum Gasteiger partial charge on any atom is 0.325 e. The van der Waals surface area contributed by atoms with Gasteiger partial charge in [0.05, 0.1) is 11.6 Å². The van der Waals surface area contributed by atoms with E-state index in [2.05, 4.69) is 25.5 Å². The summed E-state index contributed by atoms with van der Waals surface area (Å²) in [5.74, 6) is -0.478. The summed E-state index contributed by atoms with van der Waals surface area (Å²) in [4.78, 5) is 18.5.